The molecule has 0 saturated carbocycles. The van der Waals surface area contributed by atoms with Gasteiger partial charge in [-0.2, -0.15) is 0 Å². The Morgan fingerprint density at radius 1 is 1.32 bits per heavy atom. The second-order valence-electron chi connectivity index (χ2n) is 5.65. The molecule has 0 radical (unpaired) electrons. The molecule has 1 saturated heterocycles. The van der Waals surface area contributed by atoms with Crippen LogP contribution in [0.1, 0.15) is 20.3 Å². The Kier molecular flexibility index (Phi) is 2.97. The number of nitrogens with zero attached hydrogens (tertiary/aromatic N) is 2. The molecular weight excluding hydrogens is 240 g/mol. The molecule has 2 bridgehead atoms. The van der Waals surface area contributed by atoms with E-state index in [1.807, 2.05) is 31.3 Å². The average Bonchev–Trinajstić information content (AvgIpc) is 2.82. The molecule has 2 heterocycles. The fourth-order valence-corrected chi connectivity index (χ4v) is 3.08. The quantitative estimate of drug-likeness (QED) is 0.773. The number of likely N-dealkylation sites (tertiary alicyclic amines) is 1. The molecule has 1 amide bonds. The molecule has 3 rings (SSSR count). The number of amides is 1. The van der Waals surface area contributed by atoms with E-state index in [2.05, 4.69) is 18.7 Å². The minimum absolute atomic E-state index is 0.0524. The Bertz CT molecular complexity index is 501. The average molecular weight is 260 g/mol. The van der Waals surface area contributed by atoms with Crippen LogP contribution in [0, 0.1) is 0 Å². The Balaban J connectivity index is 2.01. The third-order valence-corrected chi connectivity index (χ3v) is 4.10. The monoisotopic (exact) mass is 260 g/mol. The van der Waals surface area contributed by atoms with Crippen molar-refractivity contribution in [2.24, 2.45) is 0 Å². The van der Waals surface area contributed by atoms with Gasteiger partial charge in [0.15, 0.2) is 0 Å². The number of fused-ring (bicyclic) bond motifs is 3. The first-order valence-electron chi connectivity index (χ1n) is 6.87. The van der Waals surface area contributed by atoms with Crippen LogP contribution < -0.4 is 9.64 Å². The van der Waals surface area contributed by atoms with Gasteiger partial charge in [-0.05, 0) is 26.0 Å². The third-order valence-electron chi connectivity index (χ3n) is 4.10. The van der Waals surface area contributed by atoms with Crippen LogP contribution in [0.25, 0.3) is 0 Å². The summed E-state index contributed by atoms with van der Waals surface area (Å²) in [7, 11) is 1.84. The lowest BCUT2D eigenvalue weighted by atomic mass is 10.1. The molecule has 2 unspecified atom stereocenters. The first-order valence-corrected chi connectivity index (χ1v) is 6.87. The first kappa shape index (κ1) is 12.5. The molecule has 4 heteroatoms. The van der Waals surface area contributed by atoms with Crippen molar-refractivity contribution in [3.63, 3.8) is 0 Å². The number of para-hydroxylation sites is 2. The van der Waals surface area contributed by atoms with Gasteiger partial charge in [-0.25, -0.2) is 0 Å². The maximum Gasteiger partial charge on any atom is 0.244 e. The Morgan fingerprint density at radius 2 is 2.05 bits per heavy atom. The molecule has 2 aliphatic heterocycles. The molecule has 0 N–H and O–H groups in total. The van der Waals surface area contributed by atoms with Crippen molar-refractivity contribution in [2.75, 3.05) is 18.5 Å². The minimum Gasteiger partial charge on any atom is -0.487 e. The number of anilines is 1. The fourth-order valence-electron chi connectivity index (χ4n) is 3.08. The van der Waals surface area contributed by atoms with Crippen molar-refractivity contribution >= 4 is 11.6 Å². The van der Waals surface area contributed by atoms with Crippen LogP contribution in [0.2, 0.25) is 0 Å². The summed E-state index contributed by atoms with van der Waals surface area (Å²) in [6, 6.07) is 8.08. The fraction of sp³-hybridized carbons (Fsp3) is 0.533. The maximum atomic E-state index is 12.7. The highest BCUT2D eigenvalue weighted by molar-refractivity contribution is 5.98. The lowest BCUT2D eigenvalue weighted by molar-refractivity contribution is -0.123. The van der Waals surface area contributed by atoms with Gasteiger partial charge in [0.1, 0.15) is 11.9 Å². The second-order valence-corrected chi connectivity index (χ2v) is 5.65. The zero-order valence-electron chi connectivity index (χ0n) is 11.7. The number of ether oxygens (including phenoxy) is 1. The van der Waals surface area contributed by atoms with Crippen LogP contribution in [-0.2, 0) is 4.79 Å². The van der Waals surface area contributed by atoms with Gasteiger partial charge in [0.05, 0.1) is 11.7 Å². The molecule has 0 aliphatic carbocycles. The Labute approximate surface area is 113 Å². The normalized spacial score (nSPS) is 26.9. The van der Waals surface area contributed by atoms with Crippen LogP contribution in [0.5, 0.6) is 5.75 Å². The molecule has 19 heavy (non-hydrogen) atoms. The zero-order valence-corrected chi connectivity index (χ0v) is 11.7. The number of rotatable bonds is 1. The van der Waals surface area contributed by atoms with Crippen LogP contribution in [-0.4, -0.2) is 42.6 Å². The second kappa shape index (κ2) is 4.53. The zero-order chi connectivity index (χ0) is 13.6. The molecule has 2 atom stereocenters. The van der Waals surface area contributed by atoms with Gasteiger partial charge >= 0.3 is 0 Å². The molecule has 1 aromatic rings. The highest BCUT2D eigenvalue weighted by Crippen LogP contribution is 2.35. The van der Waals surface area contributed by atoms with Crippen molar-refractivity contribution in [1.29, 1.82) is 0 Å². The molecule has 0 aromatic heterocycles. The molecule has 4 nitrogen and oxygen atoms in total. The molecule has 0 spiro atoms. The van der Waals surface area contributed by atoms with Crippen LogP contribution in [0.4, 0.5) is 5.69 Å². The van der Waals surface area contributed by atoms with Crippen molar-refractivity contribution in [2.45, 2.75) is 38.5 Å². The highest BCUT2D eigenvalue weighted by Gasteiger charge is 2.42. The lowest BCUT2D eigenvalue weighted by Crippen LogP contribution is -2.46. The van der Waals surface area contributed by atoms with E-state index in [4.69, 9.17) is 4.74 Å². The summed E-state index contributed by atoms with van der Waals surface area (Å²) < 4.78 is 6.09. The van der Waals surface area contributed by atoms with E-state index in [-0.39, 0.29) is 18.1 Å². The number of carbonyl (C=O) groups is 1. The molecule has 102 valence electrons. The summed E-state index contributed by atoms with van der Waals surface area (Å²) in [4.78, 5) is 16.6. The summed E-state index contributed by atoms with van der Waals surface area (Å²) in [5, 5.41) is 0. The van der Waals surface area contributed by atoms with E-state index >= 15 is 0 Å². The van der Waals surface area contributed by atoms with Gasteiger partial charge in [-0.1, -0.05) is 12.1 Å². The molecule has 1 aromatic carbocycles. The van der Waals surface area contributed by atoms with Crippen molar-refractivity contribution in [3.8, 4) is 5.75 Å². The smallest absolute Gasteiger partial charge is 0.244 e. The van der Waals surface area contributed by atoms with Gasteiger partial charge in [-0.15, -0.1) is 0 Å². The van der Waals surface area contributed by atoms with E-state index in [0.29, 0.717) is 6.04 Å². The van der Waals surface area contributed by atoms with Crippen LogP contribution >= 0.6 is 0 Å². The number of hydrogen-bond donors (Lipinski definition) is 0. The SMILES string of the molecule is CC(C)N1CC2CC1C(=O)N(C)c1ccccc1O2. The summed E-state index contributed by atoms with van der Waals surface area (Å²) >= 11 is 0. The Hall–Kier alpha value is -1.55. The van der Waals surface area contributed by atoms with Crippen molar-refractivity contribution in [1.82, 2.24) is 4.90 Å². The van der Waals surface area contributed by atoms with E-state index in [9.17, 15) is 4.79 Å². The van der Waals surface area contributed by atoms with Crippen molar-refractivity contribution < 1.29 is 9.53 Å². The number of hydrogen-bond acceptors (Lipinski definition) is 3. The van der Waals surface area contributed by atoms with Gasteiger partial charge in [0, 0.05) is 26.1 Å². The highest BCUT2D eigenvalue weighted by atomic mass is 16.5. The van der Waals surface area contributed by atoms with E-state index in [1.54, 1.807) is 4.90 Å². The predicted molar refractivity (Wildman–Crippen MR) is 74.5 cm³/mol. The van der Waals surface area contributed by atoms with Crippen LogP contribution in [0.15, 0.2) is 24.3 Å². The van der Waals surface area contributed by atoms with Gasteiger partial charge in [-0.3, -0.25) is 9.69 Å². The van der Waals surface area contributed by atoms with Crippen molar-refractivity contribution in [3.05, 3.63) is 24.3 Å². The Morgan fingerprint density at radius 3 is 2.79 bits per heavy atom. The predicted octanol–water partition coefficient (Wildman–Crippen LogP) is 1.89. The summed E-state index contributed by atoms with van der Waals surface area (Å²) in [6.07, 6.45) is 0.904. The first-order chi connectivity index (χ1) is 9.08. The molecule has 2 aliphatic rings. The van der Waals surface area contributed by atoms with E-state index in [0.717, 1.165) is 24.4 Å². The van der Waals surface area contributed by atoms with Crippen LogP contribution in [0.3, 0.4) is 0 Å². The van der Waals surface area contributed by atoms with Gasteiger partial charge < -0.3 is 9.64 Å². The number of likely N-dealkylation sites (N-methyl/N-ethyl adjacent to an activating group) is 1. The largest absolute Gasteiger partial charge is 0.487 e. The van der Waals surface area contributed by atoms with E-state index < -0.39 is 0 Å². The number of benzene rings is 1. The third kappa shape index (κ3) is 2.00. The summed E-state index contributed by atoms with van der Waals surface area (Å²) in [6.45, 7) is 5.09. The minimum atomic E-state index is -0.0524. The standard InChI is InChI=1S/C15H20N2O2/c1-10(2)17-9-11-8-13(17)15(18)16(3)12-6-4-5-7-14(12)19-11/h4-7,10-11,13H,8-9H2,1-3H3. The topological polar surface area (TPSA) is 32.8 Å². The summed E-state index contributed by atoms with van der Waals surface area (Å²) in [5.74, 6) is 0.986. The molecule has 1 fully saturated rings. The maximum absolute atomic E-state index is 12.7. The summed E-state index contributed by atoms with van der Waals surface area (Å²) in [5.41, 5.74) is 0.868. The van der Waals surface area contributed by atoms with Gasteiger partial charge in [0.25, 0.3) is 0 Å². The van der Waals surface area contributed by atoms with Gasteiger partial charge in [0.2, 0.25) is 5.91 Å². The van der Waals surface area contributed by atoms with E-state index in [1.165, 1.54) is 0 Å². The lowest BCUT2D eigenvalue weighted by Gasteiger charge is -2.30. The number of carbonyl (C=O) groups excluding carboxylic acids is 1. The molecular formula is C15H20N2O2.